The zero-order valence-electron chi connectivity index (χ0n) is 14.1. The molecule has 23 heavy (non-hydrogen) atoms. The Labute approximate surface area is 137 Å². The van der Waals surface area contributed by atoms with Crippen LogP contribution in [-0.4, -0.2) is 41.5 Å². The van der Waals surface area contributed by atoms with Gasteiger partial charge in [0.15, 0.2) is 5.78 Å². The Balaban J connectivity index is 1.95. The second kappa shape index (κ2) is 7.59. The molecule has 0 saturated heterocycles. The standard InChI is InChI=1S/C18H26N2O3/c1-12-10-15(8-9-16(12)13(2)21)19-18(23)20(3)11-14-6-4-5-7-17(14)22/h8-10,14,17,22H,4-7,11H2,1-3H3,(H,19,23). The van der Waals surface area contributed by atoms with Crippen LogP contribution in [0.4, 0.5) is 10.5 Å². The van der Waals surface area contributed by atoms with E-state index in [1.807, 2.05) is 6.92 Å². The first kappa shape index (κ1) is 17.5. The highest BCUT2D eigenvalue weighted by Crippen LogP contribution is 2.25. The average Bonchev–Trinajstić information content (AvgIpc) is 2.49. The summed E-state index contributed by atoms with van der Waals surface area (Å²) >= 11 is 0. The number of nitrogens with zero attached hydrogens (tertiary/aromatic N) is 1. The predicted octanol–water partition coefficient (Wildman–Crippen LogP) is 3.21. The summed E-state index contributed by atoms with van der Waals surface area (Å²) < 4.78 is 0. The molecule has 0 spiro atoms. The van der Waals surface area contributed by atoms with E-state index < -0.39 is 0 Å². The minimum absolute atomic E-state index is 0.0174. The van der Waals surface area contributed by atoms with E-state index in [0.29, 0.717) is 17.8 Å². The molecule has 5 heteroatoms. The zero-order chi connectivity index (χ0) is 17.0. The third-order valence-electron chi connectivity index (χ3n) is 4.58. The van der Waals surface area contributed by atoms with Crippen LogP contribution in [-0.2, 0) is 0 Å². The van der Waals surface area contributed by atoms with E-state index in [4.69, 9.17) is 0 Å². The fourth-order valence-electron chi connectivity index (χ4n) is 3.19. The second-order valence-electron chi connectivity index (χ2n) is 6.51. The topological polar surface area (TPSA) is 69.6 Å². The number of aryl methyl sites for hydroxylation is 1. The van der Waals surface area contributed by atoms with Crippen molar-refractivity contribution in [2.75, 3.05) is 18.9 Å². The summed E-state index contributed by atoms with van der Waals surface area (Å²) in [5.74, 6) is 0.171. The van der Waals surface area contributed by atoms with Crippen molar-refractivity contribution in [1.29, 1.82) is 0 Å². The van der Waals surface area contributed by atoms with Crippen molar-refractivity contribution in [3.05, 3.63) is 29.3 Å². The minimum Gasteiger partial charge on any atom is -0.393 e. The van der Waals surface area contributed by atoms with Crippen molar-refractivity contribution < 1.29 is 14.7 Å². The average molecular weight is 318 g/mol. The number of urea groups is 1. The van der Waals surface area contributed by atoms with Gasteiger partial charge < -0.3 is 15.3 Å². The number of Topliss-reactive ketones (excluding diaryl/α,β-unsaturated/α-hetero) is 1. The van der Waals surface area contributed by atoms with Gasteiger partial charge in [-0.15, -0.1) is 0 Å². The molecule has 2 atom stereocenters. The fourth-order valence-corrected chi connectivity index (χ4v) is 3.19. The van der Waals surface area contributed by atoms with Gasteiger partial charge in [0.05, 0.1) is 6.10 Å². The van der Waals surface area contributed by atoms with Crippen LogP contribution in [0, 0.1) is 12.8 Å². The van der Waals surface area contributed by atoms with Gasteiger partial charge in [0, 0.05) is 30.8 Å². The van der Waals surface area contributed by atoms with Crippen molar-refractivity contribution in [3.63, 3.8) is 0 Å². The van der Waals surface area contributed by atoms with Crippen LogP contribution in [0.2, 0.25) is 0 Å². The van der Waals surface area contributed by atoms with E-state index in [0.717, 1.165) is 31.2 Å². The van der Waals surface area contributed by atoms with E-state index in [9.17, 15) is 14.7 Å². The van der Waals surface area contributed by atoms with Gasteiger partial charge in [0.25, 0.3) is 0 Å². The Kier molecular flexibility index (Phi) is 5.77. The SMILES string of the molecule is CC(=O)c1ccc(NC(=O)N(C)CC2CCCCC2O)cc1C. The van der Waals surface area contributed by atoms with E-state index in [1.54, 1.807) is 30.1 Å². The maximum absolute atomic E-state index is 12.3. The largest absolute Gasteiger partial charge is 0.393 e. The molecule has 126 valence electrons. The molecule has 1 aromatic rings. The maximum Gasteiger partial charge on any atom is 0.321 e. The van der Waals surface area contributed by atoms with Crippen molar-refractivity contribution in [2.45, 2.75) is 45.6 Å². The zero-order valence-corrected chi connectivity index (χ0v) is 14.1. The number of amides is 2. The molecular formula is C18H26N2O3. The highest BCUT2D eigenvalue weighted by molar-refractivity contribution is 5.96. The summed E-state index contributed by atoms with van der Waals surface area (Å²) in [4.78, 5) is 25.3. The molecule has 0 heterocycles. The number of rotatable bonds is 4. The molecule has 2 rings (SSSR count). The summed E-state index contributed by atoms with van der Waals surface area (Å²) in [7, 11) is 1.74. The summed E-state index contributed by atoms with van der Waals surface area (Å²) in [6.45, 7) is 3.94. The monoisotopic (exact) mass is 318 g/mol. The van der Waals surface area contributed by atoms with Crippen molar-refractivity contribution in [2.24, 2.45) is 5.92 Å². The lowest BCUT2D eigenvalue weighted by atomic mass is 9.86. The molecule has 2 unspecified atom stereocenters. The maximum atomic E-state index is 12.3. The molecule has 1 aliphatic rings. The molecule has 2 amide bonds. The number of aliphatic hydroxyl groups is 1. The molecule has 1 saturated carbocycles. The second-order valence-corrected chi connectivity index (χ2v) is 6.51. The number of aliphatic hydroxyl groups excluding tert-OH is 1. The molecule has 0 aromatic heterocycles. The Hall–Kier alpha value is -1.88. The van der Waals surface area contributed by atoms with Crippen molar-refractivity contribution >= 4 is 17.5 Å². The van der Waals surface area contributed by atoms with E-state index in [1.165, 1.54) is 6.92 Å². The molecule has 0 bridgehead atoms. The molecule has 0 aliphatic heterocycles. The van der Waals surface area contributed by atoms with Crippen LogP contribution < -0.4 is 5.32 Å². The first-order chi connectivity index (χ1) is 10.9. The van der Waals surface area contributed by atoms with E-state index >= 15 is 0 Å². The first-order valence-electron chi connectivity index (χ1n) is 8.20. The minimum atomic E-state index is -0.309. The van der Waals surface area contributed by atoms with Gasteiger partial charge in [-0.3, -0.25) is 4.79 Å². The van der Waals surface area contributed by atoms with Crippen LogP contribution in [0.3, 0.4) is 0 Å². The number of carbonyl (C=O) groups excluding carboxylic acids is 2. The lowest BCUT2D eigenvalue weighted by Gasteiger charge is -2.31. The van der Waals surface area contributed by atoms with Crippen LogP contribution in [0.15, 0.2) is 18.2 Å². The van der Waals surface area contributed by atoms with Gasteiger partial charge in [-0.2, -0.15) is 0 Å². The summed E-state index contributed by atoms with van der Waals surface area (Å²) in [6, 6.07) is 5.08. The molecule has 5 nitrogen and oxygen atoms in total. The number of hydrogen-bond acceptors (Lipinski definition) is 3. The number of hydrogen-bond donors (Lipinski definition) is 2. The van der Waals surface area contributed by atoms with Gasteiger partial charge in [0.2, 0.25) is 0 Å². The third-order valence-corrected chi connectivity index (χ3v) is 4.58. The van der Waals surface area contributed by atoms with Gasteiger partial charge >= 0.3 is 6.03 Å². The number of benzene rings is 1. The molecular weight excluding hydrogens is 292 g/mol. The smallest absolute Gasteiger partial charge is 0.321 e. The van der Waals surface area contributed by atoms with Gasteiger partial charge in [-0.1, -0.05) is 12.8 Å². The van der Waals surface area contributed by atoms with Crippen molar-refractivity contribution in [1.82, 2.24) is 4.90 Å². The summed E-state index contributed by atoms with van der Waals surface area (Å²) in [5, 5.41) is 12.9. The lowest BCUT2D eigenvalue weighted by Crippen LogP contribution is -2.40. The van der Waals surface area contributed by atoms with Crippen LogP contribution in [0.25, 0.3) is 0 Å². The number of ketones is 1. The number of carbonyl (C=O) groups is 2. The summed E-state index contributed by atoms with van der Waals surface area (Å²) in [6.07, 6.45) is 3.66. The van der Waals surface area contributed by atoms with Gasteiger partial charge in [-0.25, -0.2) is 4.79 Å². The Bertz CT molecular complexity index is 586. The van der Waals surface area contributed by atoms with Crippen LogP contribution in [0.5, 0.6) is 0 Å². The van der Waals surface area contributed by atoms with Gasteiger partial charge in [-0.05, 0) is 50.5 Å². The highest BCUT2D eigenvalue weighted by atomic mass is 16.3. The Morgan fingerprint density at radius 1 is 1.30 bits per heavy atom. The lowest BCUT2D eigenvalue weighted by molar-refractivity contribution is 0.0575. The van der Waals surface area contributed by atoms with Gasteiger partial charge in [0.1, 0.15) is 0 Å². The fraction of sp³-hybridized carbons (Fsp3) is 0.556. The quantitative estimate of drug-likeness (QED) is 0.838. The molecule has 0 radical (unpaired) electrons. The number of nitrogens with one attached hydrogen (secondary N) is 1. The third kappa shape index (κ3) is 4.55. The molecule has 1 aromatic carbocycles. The normalized spacial score (nSPS) is 20.9. The van der Waals surface area contributed by atoms with E-state index in [-0.39, 0.29) is 23.8 Å². The predicted molar refractivity (Wildman–Crippen MR) is 90.8 cm³/mol. The van der Waals surface area contributed by atoms with Crippen LogP contribution in [0.1, 0.15) is 48.5 Å². The Morgan fingerprint density at radius 2 is 2.00 bits per heavy atom. The number of anilines is 1. The molecule has 2 N–H and O–H groups in total. The van der Waals surface area contributed by atoms with Crippen LogP contribution >= 0.6 is 0 Å². The summed E-state index contributed by atoms with van der Waals surface area (Å²) in [5.41, 5.74) is 2.19. The molecule has 1 aliphatic carbocycles. The first-order valence-corrected chi connectivity index (χ1v) is 8.20. The van der Waals surface area contributed by atoms with Crippen molar-refractivity contribution in [3.8, 4) is 0 Å². The van der Waals surface area contributed by atoms with E-state index in [2.05, 4.69) is 5.32 Å². The molecule has 1 fully saturated rings. The highest BCUT2D eigenvalue weighted by Gasteiger charge is 2.25. The Morgan fingerprint density at radius 3 is 2.61 bits per heavy atom.